The first-order valence-corrected chi connectivity index (χ1v) is 5.30. The maximum Gasteiger partial charge on any atom is 0.143 e. The molecule has 0 N–H and O–H groups in total. The standard InChI is InChI=1S/C6H8N2S2/c1-3-9-5(7-1)6-8-2-4-10-6/h1,5H,2-4H2. The molecule has 2 rings (SSSR count). The molecule has 2 aliphatic rings. The number of hydrogen-bond acceptors (Lipinski definition) is 4. The number of nitrogens with zero attached hydrogens (tertiary/aromatic N) is 2. The molecule has 2 nitrogen and oxygen atoms in total. The summed E-state index contributed by atoms with van der Waals surface area (Å²) in [6, 6.07) is 0. The van der Waals surface area contributed by atoms with Gasteiger partial charge in [0.05, 0.1) is 0 Å². The van der Waals surface area contributed by atoms with E-state index in [9.17, 15) is 0 Å². The fourth-order valence-electron chi connectivity index (χ4n) is 0.952. The third-order valence-electron chi connectivity index (χ3n) is 1.39. The van der Waals surface area contributed by atoms with Crippen molar-refractivity contribution in [2.24, 2.45) is 9.98 Å². The Balaban J connectivity index is 2.04. The van der Waals surface area contributed by atoms with E-state index in [1.165, 1.54) is 5.04 Å². The Morgan fingerprint density at radius 2 is 2.60 bits per heavy atom. The highest BCUT2D eigenvalue weighted by molar-refractivity contribution is 8.16. The SMILES string of the molecule is C1=NC(C2=NCCS2)SC1. The van der Waals surface area contributed by atoms with Crippen LogP contribution in [0.2, 0.25) is 0 Å². The molecule has 0 radical (unpaired) electrons. The second-order valence-electron chi connectivity index (χ2n) is 2.09. The third-order valence-corrected chi connectivity index (χ3v) is 3.58. The van der Waals surface area contributed by atoms with Gasteiger partial charge in [-0.15, -0.1) is 23.5 Å². The minimum atomic E-state index is 0.354. The van der Waals surface area contributed by atoms with Gasteiger partial charge in [-0.1, -0.05) is 0 Å². The van der Waals surface area contributed by atoms with E-state index in [4.69, 9.17) is 0 Å². The molecule has 54 valence electrons. The Labute approximate surface area is 68.6 Å². The maximum atomic E-state index is 4.36. The molecule has 2 heterocycles. The van der Waals surface area contributed by atoms with Gasteiger partial charge < -0.3 is 0 Å². The minimum Gasteiger partial charge on any atom is -0.279 e. The van der Waals surface area contributed by atoms with E-state index >= 15 is 0 Å². The van der Waals surface area contributed by atoms with E-state index in [2.05, 4.69) is 9.98 Å². The largest absolute Gasteiger partial charge is 0.279 e. The summed E-state index contributed by atoms with van der Waals surface area (Å²) in [6.07, 6.45) is 1.98. The predicted octanol–water partition coefficient (Wildman–Crippen LogP) is 1.28. The molecular weight excluding hydrogens is 164 g/mol. The molecule has 10 heavy (non-hydrogen) atoms. The Morgan fingerprint density at radius 3 is 3.20 bits per heavy atom. The van der Waals surface area contributed by atoms with E-state index in [0.717, 1.165) is 18.1 Å². The second-order valence-corrected chi connectivity index (χ2v) is 4.31. The fourth-order valence-corrected chi connectivity index (χ4v) is 2.88. The lowest BCUT2D eigenvalue weighted by Crippen LogP contribution is -2.05. The highest BCUT2D eigenvalue weighted by Crippen LogP contribution is 2.26. The lowest BCUT2D eigenvalue weighted by molar-refractivity contribution is 1.15. The van der Waals surface area contributed by atoms with Crippen LogP contribution in [0.3, 0.4) is 0 Å². The average molecular weight is 172 g/mol. The Bertz CT molecular complexity index is 188. The van der Waals surface area contributed by atoms with E-state index in [1.54, 1.807) is 0 Å². The van der Waals surface area contributed by atoms with Crippen LogP contribution >= 0.6 is 23.5 Å². The molecule has 0 amide bonds. The highest BCUT2D eigenvalue weighted by Gasteiger charge is 2.20. The zero-order valence-corrected chi connectivity index (χ0v) is 7.12. The lowest BCUT2D eigenvalue weighted by Gasteiger charge is -2.02. The van der Waals surface area contributed by atoms with Gasteiger partial charge in [-0.05, 0) is 0 Å². The molecule has 1 atom stereocenters. The smallest absolute Gasteiger partial charge is 0.143 e. The fraction of sp³-hybridized carbons (Fsp3) is 0.667. The van der Waals surface area contributed by atoms with Gasteiger partial charge in [-0.25, -0.2) is 0 Å². The van der Waals surface area contributed by atoms with Crippen LogP contribution < -0.4 is 0 Å². The van der Waals surface area contributed by atoms with Gasteiger partial charge in [0.25, 0.3) is 0 Å². The van der Waals surface area contributed by atoms with Gasteiger partial charge in [-0.3, -0.25) is 9.98 Å². The van der Waals surface area contributed by atoms with Crippen molar-refractivity contribution in [3.8, 4) is 0 Å². The number of aliphatic imine (C=N–C) groups is 2. The van der Waals surface area contributed by atoms with Crippen molar-refractivity contribution in [3.63, 3.8) is 0 Å². The van der Waals surface area contributed by atoms with E-state index in [-0.39, 0.29) is 0 Å². The van der Waals surface area contributed by atoms with Crippen molar-refractivity contribution in [3.05, 3.63) is 0 Å². The number of rotatable bonds is 1. The highest BCUT2D eigenvalue weighted by atomic mass is 32.2. The third kappa shape index (κ3) is 1.22. The van der Waals surface area contributed by atoms with Crippen molar-refractivity contribution < 1.29 is 0 Å². The topological polar surface area (TPSA) is 24.7 Å². The Kier molecular flexibility index (Phi) is 2.00. The summed E-state index contributed by atoms with van der Waals surface area (Å²) >= 11 is 3.72. The van der Waals surface area contributed by atoms with Crippen LogP contribution in [0.25, 0.3) is 0 Å². The van der Waals surface area contributed by atoms with Crippen molar-refractivity contribution in [2.45, 2.75) is 5.37 Å². The first kappa shape index (κ1) is 6.73. The predicted molar refractivity (Wildman–Crippen MR) is 49.5 cm³/mol. The quantitative estimate of drug-likeness (QED) is 0.595. The summed E-state index contributed by atoms with van der Waals surface area (Å²) in [4.78, 5) is 8.67. The molecule has 0 aromatic heterocycles. The van der Waals surface area contributed by atoms with Crippen molar-refractivity contribution in [2.75, 3.05) is 18.1 Å². The Hall–Kier alpha value is 0.0400. The molecule has 0 saturated heterocycles. The molecule has 0 fully saturated rings. The first-order chi connectivity index (χ1) is 4.97. The van der Waals surface area contributed by atoms with E-state index in [1.807, 2.05) is 29.7 Å². The zero-order chi connectivity index (χ0) is 6.81. The maximum absolute atomic E-state index is 4.36. The summed E-state index contributed by atoms with van der Waals surface area (Å²) in [5.74, 6) is 2.21. The lowest BCUT2D eigenvalue weighted by atomic mass is 10.7. The molecule has 0 aromatic rings. The molecule has 1 unspecified atom stereocenters. The van der Waals surface area contributed by atoms with Crippen LogP contribution in [0.5, 0.6) is 0 Å². The summed E-state index contributed by atoms with van der Waals surface area (Å²) in [6.45, 7) is 0.993. The average Bonchev–Trinajstić information content (AvgIpc) is 2.59. The molecule has 4 heteroatoms. The second kappa shape index (κ2) is 2.96. The molecule has 0 bridgehead atoms. The van der Waals surface area contributed by atoms with Gasteiger partial charge in [0, 0.05) is 24.3 Å². The molecular formula is C6H8N2S2. The van der Waals surface area contributed by atoms with Gasteiger partial charge in [0.2, 0.25) is 0 Å². The van der Waals surface area contributed by atoms with Crippen LogP contribution in [0.15, 0.2) is 9.98 Å². The van der Waals surface area contributed by atoms with Gasteiger partial charge >= 0.3 is 0 Å². The van der Waals surface area contributed by atoms with Crippen molar-refractivity contribution >= 4 is 34.8 Å². The normalized spacial score (nSPS) is 31.2. The van der Waals surface area contributed by atoms with Crippen LogP contribution in [0.4, 0.5) is 0 Å². The van der Waals surface area contributed by atoms with Gasteiger partial charge in [0.1, 0.15) is 10.4 Å². The molecule has 0 saturated carbocycles. The van der Waals surface area contributed by atoms with Crippen LogP contribution in [-0.2, 0) is 0 Å². The van der Waals surface area contributed by atoms with Crippen molar-refractivity contribution in [1.29, 1.82) is 0 Å². The molecule has 0 spiro atoms. The molecule has 0 aromatic carbocycles. The van der Waals surface area contributed by atoms with E-state index in [0.29, 0.717) is 5.37 Å². The minimum absolute atomic E-state index is 0.354. The molecule has 2 aliphatic heterocycles. The first-order valence-electron chi connectivity index (χ1n) is 3.27. The summed E-state index contributed by atoms with van der Waals surface area (Å²) in [5, 5.41) is 1.59. The number of hydrogen-bond donors (Lipinski definition) is 0. The van der Waals surface area contributed by atoms with Gasteiger partial charge in [-0.2, -0.15) is 0 Å². The zero-order valence-electron chi connectivity index (χ0n) is 5.49. The summed E-state index contributed by atoms with van der Waals surface area (Å²) < 4.78 is 0. The monoisotopic (exact) mass is 172 g/mol. The van der Waals surface area contributed by atoms with Gasteiger partial charge in [0.15, 0.2) is 0 Å². The van der Waals surface area contributed by atoms with Crippen LogP contribution in [-0.4, -0.2) is 34.7 Å². The summed E-state index contributed by atoms with van der Waals surface area (Å²) in [5.41, 5.74) is 0. The van der Waals surface area contributed by atoms with Crippen LogP contribution in [0, 0.1) is 0 Å². The summed E-state index contributed by atoms with van der Waals surface area (Å²) in [7, 11) is 0. The molecule has 0 aliphatic carbocycles. The van der Waals surface area contributed by atoms with E-state index < -0.39 is 0 Å². The Morgan fingerprint density at radius 1 is 1.60 bits per heavy atom. The number of thioether (sulfide) groups is 2. The van der Waals surface area contributed by atoms with Crippen LogP contribution in [0.1, 0.15) is 0 Å². The van der Waals surface area contributed by atoms with Crippen molar-refractivity contribution in [1.82, 2.24) is 0 Å².